The van der Waals surface area contributed by atoms with E-state index in [2.05, 4.69) is 15.2 Å². The zero-order valence-electron chi connectivity index (χ0n) is 18.1. The standard InChI is InChI=1S/C18H25FN6O5S2/c1-13(2)30-22-17(14-6-5-7-15(19)10-14)11-24(16-8-9-16)31(26,27)18-20-12-25(21-18)32(28,29)23(3)4/h5-7,10,12-13,16H,8-9,11H2,1-4H3/b22-17+. The summed E-state index contributed by atoms with van der Waals surface area (Å²) in [5.74, 6) is -0.505. The maximum atomic E-state index is 13.8. The zero-order valence-corrected chi connectivity index (χ0v) is 19.7. The van der Waals surface area contributed by atoms with Gasteiger partial charge in [-0.15, -0.1) is 9.19 Å². The summed E-state index contributed by atoms with van der Waals surface area (Å²) in [7, 11) is -5.73. The van der Waals surface area contributed by atoms with Gasteiger partial charge in [0.15, 0.2) is 0 Å². The van der Waals surface area contributed by atoms with Gasteiger partial charge in [-0.25, -0.2) is 17.8 Å². The molecule has 1 saturated carbocycles. The third-order valence-corrected chi connectivity index (χ3v) is 7.74. The molecule has 0 radical (unpaired) electrons. The Kier molecular flexibility index (Phi) is 6.97. The van der Waals surface area contributed by atoms with Gasteiger partial charge in [-0.05, 0) is 38.8 Å². The molecule has 0 saturated heterocycles. The van der Waals surface area contributed by atoms with Crippen LogP contribution in [0.5, 0.6) is 0 Å². The topological polar surface area (TPSA) is 127 Å². The second kappa shape index (κ2) is 9.21. The molecule has 14 heteroatoms. The number of sulfonamides is 1. The molecule has 1 heterocycles. The van der Waals surface area contributed by atoms with Crippen LogP contribution >= 0.6 is 0 Å². The summed E-state index contributed by atoms with van der Waals surface area (Å²) in [4.78, 5) is 9.04. The largest absolute Gasteiger partial charge is 0.393 e. The zero-order chi connectivity index (χ0) is 23.7. The van der Waals surface area contributed by atoms with Crippen LogP contribution in [-0.4, -0.2) is 78.1 Å². The molecule has 1 aliphatic carbocycles. The van der Waals surface area contributed by atoms with Crippen molar-refractivity contribution in [2.24, 2.45) is 5.16 Å². The number of hydrogen-bond donors (Lipinski definition) is 0. The molecule has 1 fully saturated rings. The number of benzene rings is 1. The molecule has 0 spiro atoms. The van der Waals surface area contributed by atoms with Crippen LogP contribution in [-0.2, 0) is 25.1 Å². The van der Waals surface area contributed by atoms with Crippen LogP contribution in [0.1, 0.15) is 32.3 Å². The number of halogens is 1. The van der Waals surface area contributed by atoms with Crippen molar-refractivity contribution in [2.75, 3.05) is 20.6 Å². The predicted molar refractivity (Wildman–Crippen MR) is 114 cm³/mol. The number of rotatable bonds is 10. The second-order valence-electron chi connectivity index (χ2n) is 7.67. The van der Waals surface area contributed by atoms with Crippen LogP contribution in [0.4, 0.5) is 4.39 Å². The minimum Gasteiger partial charge on any atom is -0.393 e. The molecule has 1 aromatic heterocycles. The molecule has 0 bridgehead atoms. The van der Waals surface area contributed by atoms with Gasteiger partial charge in [-0.1, -0.05) is 17.3 Å². The Morgan fingerprint density at radius 2 is 1.97 bits per heavy atom. The van der Waals surface area contributed by atoms with E-state index in [1.165, 1.54) is 32.3 Å². The molecule has 0 N–H and O–H groups in total. The molecule has 3 rings (SSSR count). The number of oxime groups is 1. The van der Waals surface area contributed by atoms with Crippen LogP contribution in [0.2, 0.25) is 0 Å². The Morgan fingerprint density at radius 1 is 1.28 bits per heavy atom. The van der Waals surface area contributed by atoms with E-state index in [0.29, 0.717) is 22.5 Å². The van der Waals surface area contributed by atoms with Crippen LogP contribution in [0, 0.1) is 5.82 Å². The lowest BCUT2D eigenvalue weighted by molar-refractivity contribution is 0.0854. The summed E-state index contributed by atoms with van der Waals surface area (Å²) in [6.07, 6.45) is 1.77. The highest BCUT2D eigenvalue weighted by Gasteiger charge is 2.41. The molecule has 0 unspecified atom stereocenters. The first-order valence-corrected chi connectivity index (χ1v) is 12.6. The van der Waals surface area contributed by atoms with Crippen molar-refractivity contribution in [1.82, 2.24) is 22.8 Å². The summed E-state index contributed by atoms with van der Waals surface area (Å²) >= 11 is 0. The van der Waals surface area contributed by atoms with Gasteiger partial charge in [-0.3, -0.25) is 0 Å². The van der Waals surface area contributed by atoms with Gasteiger partial charge in [0.1, 0.15) is 24.0 Å². The third kappa shape index (κ3) is 5.31. The highest BCUT2D eigenvalue weighted by molar-refractivity contribution is 7.89. The first-order chi connectivity index (χ1) is 14.9. The maximum absolute atomic E-state index is 13.8. The molecule has 0 amide bonds. The minimum absolute atomic E-state index is 0.203. The second-order valence-corrected chi connectivity index (χ2v) is 11.5. The van der Waals surface area contributed by atoms with E-state index in [1.54, 1.807) is 19.9 Å². The maximum Gasteiger partial charge on any atom is 0.323 e. The van der Waals surface area contributed by atoms with Gasteiger partial charge in [0, 0.05) is 25.7 Å². The molecule has 0 atom stereocenters. The number of aromatic nitrogens is 3. The predicted octanol–water partition coefficient (Wildman–Crippen LogP) is 1.05. The van der Waals surface area contributed by atoms with Crippen LogP contribution in [0.25, 0.3) is 0 Å². The molecule has 0 aliphatic heterocycles. The van der Waals surface area contributed by atoms with E-state index < -0.39 is 31.2 Å². The Labute approximate surface area is 186 Å². The number of hydrogen-bond acceptors (Lipinski definition) is 8. The van der Waals surface area contributed by atoms with Crippen LogP contribution in [0.3, 0.4) is 0 Å². The highest BCUT2D eigenvalue weighted by Crippen LogP contribution is 2.31. The monoisotopic (exact) mass is 488 g/mol. The van der Waals surface area contributed by atoms with Crippen LogP contribution < -0.4 is 0 Å². The van der Waals surface area contributed by atoms with Gasteiger partial charge >= 0.3 is 10.2 Å². The van der Waals surface area contributed by atoms with Crippen molar-refractivity contribution in [2.45, 2.75) is 44.0 Å². The van der Waals surface area contributed by atoms with Crippen molar-refractivity contribution < 1.29 is 26.1 Å². The summed E-state index contributed by atoms with van der Waals surface area (Å²) in [5.41, 5.74) is 0.564. The van der Waals surface area contributed by atoms with Gasteiger partial charge in [0.2, 0.25) is 0 Å². The fraction of sp³-hybridized carbons (Fsp3) is 0.500. The summed E-state index contributed by atoms with van der Waals surface area (Å²) in [6, 6.07) is 5.24. The molecule has 176 valence electrons. The highest BCUT2D eigenvalue weighted by atomic mass is 32.2. The minimum atomic E-state index is -4.28. The first kappa shape index (κ1) is 24.2. The van der Waals surface area contributed by atoms with Gasteiger partial charge in [-0.2, -0.15) is 17.0 Å². The van der Waals surface area contributed by atoms with Crippen molar-refractivity contribution >= 4 is 25.9 Å². The Balaban J connectivity index is 1.98. The smallest absolute Gasteiger partial charge is 0.323 e. The van der Waals surface area contributed by atoms with Gasteiger partial charge in [0.05, 0.1) is 6.54 Å². The van der Waals surface area contributed by atoms with E-state index in [-0.39, 0.29) is 24.4 Å². The summed E-state index contributed by atoms with van der Waals surface area (Å²) < 4.78 is 67.4. The fourth-order valence-electron chi connectivity index (χ4n) is 2.67. The molecule has 32 heavy (non-hydrogen) atoms. The average molecular weight is 489 g/mol. The normalized spacial score (nSPS) is 15.7. The SMILES string of the molecule is CC(C)O/N=C(\CN(C1CC1)S(=O)(=O)c1ncn(S(=O)(=O)N(C)C)n1)c1cccc(F)c1. The Bertz CT molecular complexity index is 1210. The van der Waals surface area contributed by atoms with Crippen molar-refractivity contribution in [3.63, 3.8) is 0 Å². The van der Waals surface area contributed by atoms with Crippen LogP contribution in [0.15, 0.2) is 40.9 Å². The molecular formula is C18H25FN6O5S2. The summed E-state index contributed by atoms with van der Waals surface area (Å²) in [6.45, 7) is 3.28. The molecule has 1 aliphatic rings. The number of nitrogens with zero attached hydrogens (tertiary/aromatic N) is 6. The Morgan fingerprint density at radius 3 is 2.53 bits per heavy atom. The lowest BCUT2D eigenvalue weighted by Gasteiger charge is -2.21. The van der Waals surface area contributed by atoms with E-state index in [9.17, 15) is 21.2 Å². The van der Waals surface area contributed by atoms with Crippen molar-refractivity contribution in [3.8, 4) is 0 Å². The lowest BCUT2D eigenvalue weighted by Crippen LogP contribution is -2.38. The van der Waals surface area contributed by atoms with E-state index >= 15 is 0 Å². The molecule has 11 nitrogen and oxygen atoms in total. The average Bonchev–Trinajstić information content (AvgIpc) is 3.40. The van der Waals surface area contributed by atoms with Crippen molar-refractivity contribution in [1.29, 1.82) is 0 Å². The van der Waals surface area contributed by atoms with E-state index in [4.69, 9.17) is 4.84 Å². The third-order valence-electron chi connectivity index (χ3n) is 4.48. The van der Waals surface area contributed by atoms with Gasteiger partial charge < -0.3 is 4.84 Å². The molecule has 1 aromatic carbocycles. The van der Waals surface area contributed by atoms with Gasteiger partial charge in [0.25, 0.3) is 15.2 Å². The molecule has 2 aromatic rings. The Hall–Kier alpha value is -2.42. The quantitative estimate of drug-likeness (QED) is 0.361. The molecular weight excluding hydrogens is 463 g/mol. The van der Waals surface area contributed by atoms with E-state index in [0.717, 1.165) is 14.9 Å². The lowest BCUT2D eigenvalue weighted by atomic mass is 10.1. The summed E-state index contributed by atoms with van der Waals surface area (Å²) in [5, 5.41) is 7.09. The fourth-order valence-corrected chi connectivity index (χ4v) is 4.88. The van der Waals surface area contributed by atoms with E-state index in [1.807, 2.05) is 0 Å². The van der Waals surface area contributed by atoms with Crippen molar-refractivity contribution in [3.05, 3.63) is 42.0 Å². The first-order valence-electron chi connectivity index (χ1n) is 9.78.